The smallest absolute Gasteiger partial charge is 0.337 e. The molecule has 1 N–H and O–H groups in total. The summed E-state index contributed by atoms with van der Waals surface area (Å²) in [6.45, 7) is 4.26. The molecule has 0 radical (unpaired) electrons. The number of hydrogen-bond donors (Lipinski definition) is 1. The maximum atomic E-state index is 11.7. The summed E-state index contributed by atoms with van der Waals surface area (Å²) in [5.41, 5.74) is 2.95. The molecule has 3 nitrogen and oxygen atoms in total. The number of aryl methyl sites for hydroxylation is 1. The first-order valence-corrected chi connectivity index (χ1v) is 6.09. The molecule has 18 heavy (non-hydrogen) atoms. The fraction of sp³-hybridized carbons (Fsp3) is 0.267. The van der Waals surface area contributed by atoms with E-state index in [2.05, 4.69) is 36.5 Å². The van der Waals surface area contributed by atoms with Crippen molar-refractivity contribution in [2.24, 2.45) is 0 Å². The lowest BCUT2D eigenvalue weighted by Gasteiger charge is -2.19. The third-order valence-corrected chi connectivity index (χ3v) is 2.83. The molecule has 0 amide bonds. The van der Waals surface area contributed by atoms with Gasteiger partial charge in [0.05, 0.1) is 18.2 Å². The van der Waals surface area contributed by atoms with Crippen LogP contribution in [0.25, 0.3) is 0 Å². The molecule has 0 spiro atoms. The molecule has 0 aliphatic carbocycles. The summed E-state index contributed by atoms with van der Waals surface area (Å²) < 4.78 is 5.00. The Labute approximate surface area is 107 Å². The summed E-state index contributed by atoms with van der Waals surface area (Å²) >= 11 is 0. The van der Waals surface area contributed by atoms with Crippen molar-refractivity contribution in [1.82, 2.24) is 5.32 Å². The Bertz CT molecular complexity index is 486. The van der Waals surface area contributed by atoms with Crippen LogP contribution in [-0.2, 0) is 9.53 Å². The number of carbonyl (C=O) groups excluding carboxylic acids is 1. The first-order valence-electron chi connectivity index (χ1n) is 6.09. The van der Waals surface area contributed by atoms with E-state index in [1.165, 1.54) is 5.56 Å². The molecule has 1 unspecified atom stereocenters. The predicted molar refractivity (Wildman–Crippen MR) is 70.9 cm³/mol. The van der Waals surface area contributed by atoms with Crippen LogP contribution in [0.15, 0.2) is 48.2 Å². The summed E-state index contributed by atoms with van der Waals surface area (Å²) in [5, 5.41) is 3.22. The third kappa shape index (κ3) is 2.80. The summed E-state index contributed by atoms with van der Waals surface area (Å²) in [6, 6.07) is 8.27. The molecule has 1 aliphatic heterocycles. The van der Waals surface area contributed by atoms with E-state index in [0.29, 0.717) is 12.2 Å². The Morgan fingerprint density at radius 1 is 1.33 bits per heavy atom. The summed E-state index contributed by atoms with van der Waals surface area (Å²) in [4.78, 5) is 11.7. The van der Waals surface area contributed by atoms with Crippen molar-refractivity contribution in [2.75, 3.05) is 6.61 Å². The van der Waals surface area contributed by atoms with Gasteiger partial charge < -0.3 is 10.1 Å². The fourth-order valence-electron chi connectivity index (χ4n) is 1.84. The van der Waals surface area contributed by atoms with E-state index in [4.69, 9.17) is 4.74 Å². The van der Waals surface area contributed by atoms with Gasteiger partial charge >= 0.3 is 5.97 Å². The standard InChI is InChI=1S/C15H17NO2/c1-3-18-15(17)13-8-9-16-14(10-13)12-6-4-11(2)5-7-12/h4-10,14,16H,3H2,1-2H3. The Morgan fingerprint density at radius 3 is 2.72 bits per heavy atom. The molecule has 94 valence electrons. The van der Waals surface area contributed by atoms with Crippen molar-refractivity contribution in [2.45, 2.75) is 19.9 Å². The topological polar surface area (TPSA) is 38.3 Å². The number of benzene rings is 1. The van der Waals surface area contributed by atoms with Gasteiger partial charge in [-0.2, -0.15) is 0 Å². The quantitative estimate of drug-likeness (QED) is 0.829. The zero-order valence-electron chi connectivity index (χ0n) is 10.6. The number of rotatable bonds is 3. The SMILES string of the molecule is CCOC(=O)C1=CC(c2ccc(C)cc2)NC=C1. The summed E-state index contributed by atoms with van der Waals surface area (Å²) in [6.07, 6.45) is 5.42. The lowest BCUT2D eigenvalue weighted by Crippen LogP contribution is -2.19. The van der Waals surface area contributed by atoms with Crippen LogP contribution < -0.4 is 5.32 Å². The zero-order chi connectivity index (χ0) is 13.0. The molecule has 1 heterocycles. The minimum absolute atomic E-state index is 0.0232. The molecule has 1 aromatic rings. The van der Waals surface area contributed by atoms with Gasteiger partial charge in [0.15, 0.2) is 0 Å². The van der Waals surface area contributed by atoms with Gasteiger partial charge in [0.25, 0.3) is 0 Å². The predicted octanol–water partition coefficient (Wildman–Crippen LogP) is 2.64. The van der Waals surface area contributed by atoms with Crippen LogP contribution in [0.3, 0.4) is 0 Å². The van der Waals surface area contributed by atoms with Gasteiger partial charge in [0.1, 0.15) is 0 Å². The lowest BCUT2D eigenvalue weighted by molar-refractivity contribution is -0.138. The van der Waals surface area contributed by atoms with E-state index < -0.39 is 0 Å². The van der Waals surface area contributed by atoms with Crippen LogP contribution in [0.4, 0.5) is 0 Å². The molecule has 2 rings (SSSR count). The Hall–Kier alpha value is -2.03. The van der Waals surface area contributed by atoms with Crippen molar-refractivity contribution < 1.29 is 9.53 Å². The number of nitrogens with one attached hydrogen (secondary N) is 1. The van der Waals surface area contributed by atoms with Gasteiger partial charge in [-0.15, -0.1) is 0 Å². The number of carbonyl (C=O) groups is 1. The van der Waals surface area contributed by atoms with Gasteiger partial charge in [-0.3, -0.25) is 0 Å². The van der Waals surface area contributed by atoms with Gasteiger partial charge in [0.2, 0.25) is 0 Å². The van der Waals surface area contributed by atoms with E-state index in [-0.39, 0.29) is 12.0 Å². The van der Waals surface area contributed by atoms with Crippen molar-refractivity contribution in [3.05, 3.63) is 59.3 Å². The molecule has 1 aromatic carbocycles. The van der Waals surface area contributed by atoms with E-state index in [9.17, 15) is 4.79 Å². The van der Waals surface area contributed by atoms with Gasteiger partial charge in [0, 0.05) is 0 Å². The molecule has 1 aliphatic rings. The molecule has 1 atom stereocenters. The van der Waals surface area contributed by atoms with Crippen LogP contribution >= 0.6 is 0 Å². The zero-order valence-corrected chi connectivity index (χ0v) is 10.6. The van der Waals surface area contributed by atoms with Gasteiger partial charge in [-0.05, 0) is 37.8 Å². The van der Waals surface area contributed by atoms with Crippen LogP contribution in [0.1, 0.15) is 24.1 Å². The average molecular weight is 243 g/mol. The van der Waals surface area contributed by atoms with Crippen molar-refractivity contribution >= 4 is 5.97 Å². The van der Waals surface area contributed by atoms with Crippen LogP contribution in [0.2, 0.25) is 0 Å². The number of hydrogen-bond acceptors (Lipinski definition) is 3. The highest BCUT2D eigenvalue weighted by atomic mass is 16.5. The number of dihydropyridines is 1. The average Bonchev–Trinajstić information content (AvgIpc) is 2.40. The van der Waals surface area contributed by atoms with E-state index in [1.54, 1.807) is 19.2 Å². The minimum Gasteiger partial charge on any atom is -0.462 e. The molecule has 0 saturated carbocycles. The highest BCUT2D eigenvalue weighted by Crippen LogP contribution is 2.20. The second-order valence-electron chi connectivity index (χ2n) is 4.23. The van der Waals surface area contributed by atoms with Crippen molar-refractivity contribution in [1.29, 1.82) is 0 Å². The molecule has 0 bridgehead atoms. The van der Waals surface area contributed by atoms with Crippen LogP contribution in [0, 0.1) is 6.92 Å². The molecular formula is C15H17NO2. The van der Waals surface area contributed by atoms with Crippen LogP contribution in [0.5, 0.6) is 0 Å². The van der Waals surface area contributed by atoms with Gasteiger partial charge in [-0.25, -0.2) is 4.79 Å². The second-order valence-corrected chi connectivity index (χ2v) is 4.23. The number of esters is 1. The summed E-state index contributed by atoms with van der Waals surface area (Å²) in [7, 11) is 0. The molecule has 0 aromatic heterocycles. The van der Waals surface area contributed by atoms with E-state index >= 15 is 0 Å². The van der Waals surface area contributed by atoms with Gasteiger partial charge in [-0.1, -0.05) is 29.8 Å². The second kappa shape index (κ2) is 5.54. The van der Waals surface area contributed by atoms with Crippen molar-refractivity contribution in [3.8, 4) is 0 Å². The third-order valence-electron chi connectivity index (χ3n) is 2.83. The van der Waals surface area contributed by atoms with Crippen molar-refractivity contribution in [3.63, 3.8) is 0 Å². The minimum atomic E-state index is -0.271. The normalized spacial score (nSPS) is 17.9. The van der Waals surface area contributed by atoms with Crippen LogP contribution in [-0.4, -0.2) is 12.6 Å². The Balaban J connectivity index is 2.18. The van der Waals surface area contributed by atoms with E-state index in [0.717, 1.165) is 5.56 Å². The maximum absolute atomic E-state index is 11.7. The first kappa shape index (κ1) is 12.4. The largest absolute Gasteiger partial charge is 0.462 e. The highest BCUT2D eigenvalue weighted by molar-refractivity contribution is 5.92. The molecule has 3 heteroatoms. The summed E-state index contributed by atoms with van der Waals surface area (Å²) in [5.74, 6) is -0.271. The first-order chi connectivity index (χ1) is 8.70. The molecule has 0 saturated heterocycles. The lowest BCUT2D eigenvalue weighted by atomic mass is 10.0. The Kier molecular flexibility index (Phi) is 3.82. The maximum Gasteiger partial charge on any atom is 0.337 e. The fourth-order valence-corrected chi connectivity index (χ4v) is 1.84. The van der Waals surface area contributed by atoms with E-state index in [1.807, 2.05) is 6.08 Å². The Morgan fingerprint density at radius 2 is 2.06 bits per heavy atom. The highest BCUT2D eigenvalue weighted by Gasteiger charge is 2.15. The molecular weight excluding hydrogens is 226 g/mol. The number of ether oxygens (including phenoxy) is 1. The monoisotopic (exact) mass is 243 g/mol. The molecule has 0 fully saturated rings.